The Bertz CT molecular complexity index is 1410. The van der Waals surface area contributed by atoms with Crippen molar-refractivity contribution in [3.8, 4) is 5.75 Å². The molecule has 0 spiro atoms. The first-order valence-corrected chi connectivity index (χ1v) is 16.5. The van der Waals surface area contributed by atoms with E-state index in [4.69, 9.17) is 9.79 Å². The van der Waals surface area contributed by atoms with Crippen molar-refractivity contribution in [3.05, 3.63) is 29.8 Å². The zero-order chi connectivity index (χ0) is 36.3. The molecule has 0 aromatic heterocycles. The number of hydrogen-bond acceptors (Lipinski definition) is 9. The summed E-state index contributed by atoms with van der Waals surface area (Å²) in [6, 6.07) is 0.997. The van der Waals surface area contributed by atoms with E-state index in [2.05, 4.69) is 25.8 Å². The second-order valence-corrected chi connectivity index (χ2v) is 12.6. The Morgan fingerprint density at radius 2 is 1.38 bits per heavy atom. The van der Waals surface area contributed by atoms with Crippen molar-refractivity contribution >= 4 is 49.4 Å². The van der Waals surface area contributed by atoms with Crippen molar-refractivity contribution in [3.63, 3.8) is 0 Å². The van der Waals surface area contributed by atoms with E-state index >= 15 is 0 Å². The zero-order valence-corrected chi connectivity index (χ0v) is 27.3. The van der Waals surface area contributed by atoms with E-state index in [1.165, 1.54) is 31.3 Å². The lowest BCUT2D eigenvalue weighted by Gasteiger charge is -2.26. The summed E-state index contributed by atoms with van der Waals surface area (Å²) in [6.07, 6.45) is -1.78. The Morgan fingerprint density at radius 1 is 0.854 bits per heavy atom. The molecule has 2 rings (SSSR count). The molecular formula is C29H41N4O14P. The molecule has 1 aromatic carbocycles. The molecule has 266 valence electrons. The Hall–Kier alpha value is -4.54. The Labute approximate surface area is 275 Å². The van der Waals surface area contributed by atoms with Crippen molar-refractivity contribution in [2.75, 3.05) is 7.05 Å². The van der Waals surface area contributed by atoms with Crippen LogP contribution in [0.5, 0.6) is 5.75 Å². The molecule has 7 atom stereocenters. The molecule has 0 aliphatic heterocycles. The fourth-order valence-corrected chi connectivity index (χ4v) is 5.59. The number of hydrogen-bond donors (Lipinski definition) is 9. The normalized spacial score (nSPS) is 19.4. The zero-order valence-electron chi connectivity index (χ0n) is 26.5. The molecule has 9 N–H and O–H groups in total. The molecule has 1 aromatic rings. The minimum atomic E-state index is -4.83. The third kappa shape index (κ3) is 12.2. The maximum absolute atomic E-state index is 13.5. The van der Waals surface area contributed by atoms with Crippen LogP contribution in [0.2, 0.25) is 0 Å². The third-order valence-corrected chi connectivity index (χ3v) is 8.45. The van der Waals surface area contributed by atoms with E-state index in [0.717, 1.165) is 0 Å². The minimum Gasteiger partial charge on any atom is -0.481 e. The van der Waals surface area contributed by atoms with Crippen LogP contribution in [0.15, 0.2) is 24.3 Å². The number of carbonyl (C=O) groups is 7. The lowest BCUT2D eigenvalue weighted by molar-refractivity contribution is -0.144. The summed E-state index contributed by atoms with van der Waals surface area (Å²) in [5, 5.41) is 37.6. The average molecular weight is 701 g/mol. The molecule has 4 amide bonds. The standard InChI is InChI=1S/C29H41N4O14P/c1-4-14(2)25(29(42)43)33-27(40)19(10-12-22(37)38)31-26(39)18(9-11-21(35)36)32-28(41)24-17(13-20(34)30-3)23(24)15-5-7-16(8-6-15)47-48(44,45)46/h5-8,14,17-19,23-25H,4,9-13H2,1-3H3,(H,30,34)(H,31,39)(H,32,41)(H,33,40)(H,35,36)(H,37,38)(H,42,43)(H2,44,45,46)/t14-,17+,18-,19-,23-,24-,25-/m0/s1. The highest BCUT2D eigenvalue weighted by atomic mass is 31.2. The van der Waals surface area contributed by atoms with Gasteiger partial charge in [-0.05, 0) is 48.3 Å². The van der Waals surface area contributed by atoms with Crippen LogP contribution in [0.1, 0.15) is 63.9 Å². The van der Waals surface area contributed by atoms with Gasteiger partial charge < -0.3 is 41.1 Å². The molecular weight excluding hydrogens is 659 g/mol. The van der Waals surface area contributed by atoms with Crippen molar-refractivity contribution in [2.24, 2.45) is 17.8 Å². The number of amides is 4. The van der Waals surface area contributed by atoms with Crippen molar-refractivity contribution in [2.45, 2.75) is 76.4 Å². The number of benzene rings is 1. The molecule has 0 heterocycles. The van der Waals surface area contributed by atoms with E-state index in [9.17, 15) is 53.4 Å². The van der Waals surface area contributed by atoms with E-state index in [0.29, 0.717) is 12.0 Å². The number of phosphoric acid groups is 1. The van der Waals surface area contributed by atoms with Gasteiger partial charge in [0.1, 0.15) is 23.9 Å². The van der Waals surface area contributed by atoms with Crippen LogP contribution in [0, 0.1) is 17.8 Å². The molecule has 1 saturated carbocycles. The van der Waals surface area contributed by atoms with Gasteiger partial charge in [0.05, 0.1) is 0 Å². The second kappa shape index (κ2) is 17.6. The summed E-state index contributed by atoms with van der Waals surface area (Å²) in [5.41, 5.74) is 0.508. The van der Waals surface area contributed by atoms with Gasteiger partial charge in [0.25, 0.3) is 0 Å². The number of aliphatic carboxylic acids is 3. The van der Waals surface area contributed by atoms with Crippen LogP contribution in [-0.2, 0) is 38.1 Å². The van der Waals surface area contributed by atoms with Gasteiger partial charge in [0.15, 0.2) is 0 Å². The number of carboxylic acids is 3. The van der Waals surface area contributed by atoms with Crippen molar-refractivity contribution < 1.29 is 67.8 Å². The Kier molecular flexibility index (Phi) is 14.5. The molecule has 0 bridgehead atoms. The van der Waals surface area contributed by atoms with Crippen molar-refractivity contribution in [1.29, 1.82) is 0 Å². The highest BCUT2D eigenvalue weighted by molar-refractivity contribution is 7.46. The predicted octanol–water partition coefficient (Wildman–Crippen LogP) is -0.0615. The van der Waals surface area contributed by atoms with Crippen molar-refractivity contribution in [1.82, 2.24) is 21.3 Å². The third-order valence-electron chi connectivity index (χ3n) is 8.00. The Morgan fingerprint density at radius 3 is 1.83 bits per heavy atom. The van der Waals surface area contributed by atoms with Gasteiger partial charge in [0, 0.05) is 32.2 Å². The number of carbonyl (C=O) groups excluding carboxylic acids is 4. The summed E-state index contributed by atoms with van der Waals surface area (Å²) in [4.78, 5) is 105. The second-order valence-electron chi connectivity index (χ2n) is 11.4. The summed E-state index contributed by atoms with van der Waals surface area (Å²) < 4.78 is 15.7. The molecule has 48 heavy (non-hydrogen) atoms. The highest BCUT2D eigenvalue weighted by Gasteiger charge is 2.56. The van der Waals surface area contributed by atoms with Crippen LogP contribution in [0.25, 0.3) is 0 Å². The number of rotatable bonds is 20. The average Bonchev–Trinajstić information content (AvgIpc) is 3.71. The smallest absolute Gasteiger partial charge is 0.481 e. The van der Waals surface area contributed by atoms with Gasteiger partial charge >= 0.3 is 25.7 Å². The van der Waals surface area contributed by atoms with Crippen LogP contribution >= 0.6 is 7.82 Å². The predicted molar refractivity (Wildman–Crippen MR) is 164 cm³/mol. The fourth-order valence-electron chi connectivity index (χ4n) is 5.19. The molecule has 0 saturated heterocycles. The van der Waals surface area contributed by atoms with Crippen LogP contribution < -0.4 is 25.8 Å². The molecule has 1 fully saturated rings. The van der Waals surface area contributed by atoms with Gasteiger partial charge in [-0.25, -0.2) is 9.36 Å². The maximum atomic E-state index is 13.5. The molecule has 18 nitrogen and oxygen atoms in total. The quantitative estimate of drug-likeness (QED) is 0.0806. The number of phosphoric ester groups is 1. The van der Waals surface area contributed by atoms with E-state index < -0.39 is 117 Å². The maximum Gasteiger partial charge on any atom is 0.524 e. The van der Waals surface area contributed by atoms with E-state index in [-0.39, 0.29) is 12.2 Å². The molecule has 0 radical (unpaired) electrons. The van der Waals surface area contributed by atoms with Gasteiger partial charge in [-0.2, -0.15) is 0 Å². The van der Waals surface area contributed by atoms with Gasteiger partial charge in [-0.3, -0.25) is 38.6 Å². The summed E-state index contributed by atoms with van der Waals surface area (Å²) in [6.45, 7) is 3.28. The monoisotopic (exact) mass is 700 g/mol. The van der Waals surface area contributed by atoms with Gasteiger partial charge in [-0.1, -0.05) is 32.4 Å². The Balaban J connectivity index is 2.31. The molecule has 0 unspecified atom stereocenters. The van der Waals surface area contributed by atoms with Crippen LogP contribution in [0.3, 0.4) is 0 Å². The topological polar surface area (TPSA) is 295 Å². The largest absolute Gasteiger partial charge is 0.524 e. The highest BCUT2D eigenvalue weighted by Crippen LogP contribution is 2.56. The lowest BCUT2D eigenvalue weighted by Crippen LogP contribution is -2.57. The molecule has 1 aliphatic carbocycles. The van der Waals surface area contributed by atoms with E-state index in [1.54, 1.807) is 13.8 Å². The molecule has 19 heteroatoms. The number of carboxylic acid groups (broad SMARTS) is 3. The summed E-state index contributed by atoms with van der Waals surface area (Å²) in [5.74, 6) is -9.83. The van der Waals surface area contributed by atoms with E-state index in [1.807, 2.05) is 0 Å². The van der Waals surface area contributed by atoms with Gasteiger partial charge in [-0.15, -0.1) is 0 Å². The van der Waals surface area contributed by atoms with Crippen LogP contribution in [-0.4, -0.2) is 91.8 Å². The molecule has 1 aliphatic rings. The first-order valence-electron chi connectivity index (χ1n) is 15.0. The minimum absolute atomic E-state index is 0.107. The first-order chi connectivity index (χ1) is 22.4. The number of nitrogens with one attached hydrogen (secondary N) is 4. The first kappa shape index (κ1) is 39.6. The SMILES string of the molecule is CC[C@H](C)[C@H](NC(=O)[C@H](CCC(=O)O)NC(=O)[C@H](CCC(=O)O)NC(=O)[C@H]1[C@H](CC(=O)NC)[C@@H]1c1ccc(OP(=O)(O)O)cc1)C(=O)O. The van der Waals surface area contributed by atoms with Gasteiger partial charge in [0.2, 0.25) is 23.6 Å². The van der Waals surface area contributed by atoms with Crippen LogP contribution in [0.4, 0.5) is 0 Å². The summed E-state index contributed by atoms with van der Waals surface area (Å²) >= 11 is 0. The summed E-state index contributed by atoms with van der Waals surface area (Å²) in [7, 11) is -3.44. The lowest BCUT2D eigenvalue weighted by atomic mass is 9.98. The fraction of sp³-hybridized carbons (Fsp3) is 0.552.